The molecule has 0 bridgehead atoms. The van der Waals surface area contributed by atoms with Gasteiger partial charge in [0.25, 0.3) is 0 Å². The standard InChI is InChI=1S/C20H15Cl2N3O4/c1-28-18-5-3-2-4-16(18)24-19(26)20(27)25-23-11-13-7-9-17(29-13)12-6-8-14(21)15(22)10-12/h2-11H,1H3,(H,24,26)(H,25,27)/b23-11+. The summed E-state index contributed by atoms with van der Waals surface area (Å²) in [4.78, 5) is 23.9. The van der Waals surface area contributed by atoms with E-state index in [9.17, 15) is 9.59 Å². The molecule has 0 aliphatic rings. The van der Waals surface area contributed by atoms with Crippen LogP contribution in [-0.4, -0.2) is 25.1 Å². The summed E-state index contributed by atoms with van der Waals surface area (Å²) in [5.74, 6) is -0.477. The van der Waals surface area contributed by atoms with E-state index in [1.807, 2.05) is 0 Å². The van der Waals surface area contributed by atoms with Gasteiger partial charge in [-0.1, -0.05) is 35.3 Å². The van der Waals surface area contributed by atoms with E-state index < -0.39 is 11.8 Å². The fraction of sp³-hybridized carbons (Fsp3) is 0.0500. The molecule has 0 atom stereocenters. The largest absolute Gasteiger partial charge is 0.495 e. The van der Waals surface area contributed by atoms with E-state index in [0.29, 0.717) is 33.0 Å². The first kappa shape index (κ1) is 20.4. The quantitative estimate of drug-likeness (QED) is 0.356. The molecule has 1 heterocycles. The van der Waals surface area contributed by atoms with E-state index >= 15 is 0 Å². The van der Waals surface area contributed by atoms with Gasteiger partial charge in [-0.25, -0.2) is 5.43 Å². The number of nitrogens with one attached hydrogen (secondary N) is 2. The molecule has 0 spiro atoms. The first-order chi connectivity index (χ1) is 14.0. The van der Waals surface area contributed by atoms with E-state index in [1.165, 1.54) is 13.3 Å². The highest BCUT2D eigenvalue weighted by Gasteiger charge is 2.15. The predicted octanol–water partition coefficient (Wildman–Crippen LogP) is 4.35. The van der Waals surface area contributed by atoms with Crippen molar-refractivity contribution in [2.75, 3.05) is 12.4 Å². The second kappa shape index (κ2) is 9.27. The third-order valence-electron chi connectivity index (χ3n) is 3.75. The number of halogens is 2. The van der Waals surface area contributed by atoms with E-state index in [1.54, 1.807) is 54.6 Å². The zero-order chi connectivity index (χ0) is 20.8. The van der Waals surface area contributed by atoms with Gasteiger partial charge in [0, 0.05) is 5.56 Å². The number of hydrogen-bond acceptors (Lipinski definition) is 5. The van der Waals surface area contributed by atoms with Crippen molar-refractivity contribution in [3.05, 3.63) is 70.4 Å². The normalized spacial score (nSPS) is 10.7. The second-order valence-electron chi connectivity index (χ2n) is 5.68. The molecule has 7 nitrogen and oxygen atoms in total. The van der Waals surface area contributed by atoms with Crippen molar-refractivity contribution in [1.82, 2.24) is 5.43 Å². The molecule has 0 aliphatic heterocycles. The maximum Gasteiger partial charge on any atom is 0.329 e. The smallest absolute Gasteiger partial charge is 0.329 e. The zero-order valence-corrected chi connectivity index (χ0v) is 16.6. The zero-order valence-electron chi connectivity index (χ0n) is 15.1. The Morgan fingerprint density at radius 2 is 1.83 bits per heavy atom. The summed E-state index contributed by atoms with van der Waals surface area (Å²) in [6.45, 7) is 0. The molecule has 9 heteroatoms. The van der Waals surface area contributed by atoms with Crippen LogP contribution in [0, 0.1) is 0 Å². The van der Waals surface area contributed by atoms with Crippen LogP contribution in [-0.2, 0) is 9.59 Å². The number of furan rings is 1. The Hall–Kier alpha value is -3.29. The molecule has 2 amide bonds. The fourth-order valence-electron chi connectivity index (χ4n) is 2.36. The SMILES string of the molecule is COc1ccccc1NC(=O)C(=O)N/N=C/c1ccc(-c2ccc(Cl)c(Cl)c2)o1. The van der Waals surface area contributed by atoms with Crippen LogP contribution in [0.25, 0.3) is 11.3 Å². The number of hydrazone groups is 1. The number of para-hydroxylation sites is 2. The van der Waals surface area contributed by atoms with Gasteiger partial charge in [0.05, 0.1) is 29.1 Å². The lowest BCUT2D eigenvalue weighted by Crippen LogP contribution is -2.32. The molecule has 2 aromatic carbocycles. The summed E-state index contributed by atoms with van der Waals surface area (Å²) in [5.41, 5.74) is 3.24. The van der Waals surface area contributed by atoms with Crippen LogP contribution in [0.4, 0.5) is 5.69 Å². The van der Waals surface area contributed by atoms with Crippen molar-refractivity contribution in [3.8, 4) is 17.1 Å². The van der Waals surface area contributed by atoms with Gasteiger partial charge in [-0.05, 0) is 42.5 Å². The predicted molar refractivity (Wildman–Crippen MR) is 112 cm³/mol. The van der Waals surface area contributed by atoms with Gasteiger partial charge in [-0.3, -0.25) is 9.59 Å². The van der Waals surface area contributed by atoms with Crippen molar-refractivity contribution < 1.29 is 18.7 Å². The molecule has 2 N–H and O–H groups in total. The molecule has 0 radical (unpaired) electrons. The summed E-state index contributed by atoms with van der Waals surface area (Å²) >= 11 is 11.9. The van der Waals surface area contributed by atoms with E-state index in [2.05, 4.69) is 15.8 Å². The monoisotopic (exact) mass is 431 g/mol. The average Bonchev–Trinajstić information content (AvgIpc) is 3.19. The van der Waals surface area contributed by atoms with Crippen LogP contribution in [0.1, 0.15) is 5.76 Å². The van der Waals surface area contributed by atoms with Gasteiger partial charge in [-0.2, -0.15) is 5.10 Å². The Balaban J connectivity index is 1.59. The van der Waals surface area contributed by atoms with E-state index in [4.69, 9.17) is 32.4 Å². The molecule has 0 unspecified atom stereocenters. The molecule has 0 fully saturated rings. The van der Waals surface area contributed by atoms with Gasteiger partial charge in [-0.15, -0.1) is 0 Å². The van der Waals surface area contributed by atoms with Crippen LogP contribution in [0.15, 0.2) is 64.1 Å². The minimum absolute atomic E-state index is 0.372. The molecule has 0 aliphatic carbocycles. The van der Waals surface area contributed by atoms with Crippen LogP contribution < -0.4 is 15.5 Å². The minimum atomic E-state index is -0.941. The molecule has 0 saturated carbocycles. The van der Waals surface area contributed by atoms with Crippen molar-refractivity contribution in [3.63, 3.8) is 0 Å². The lowest BCUT2D eigenvalue weighted by Gasteiger charge is -2.08. The Morgan fingerprint density at radius 3 is 2.59 bits per heavy atom. The maximum absolute atomic E-state index is 12.0. The highest BCUT2D eigenvalue weighted by molar-refractivity contribution is 6.42. The molecule has 0 saturated heterocycles. The van der Waals surface area contributed by atoms with Crippen molar-refractivity contribution >= 4 is 46.9 Å². The molecular weight excluding hydrogens is 417 g/mol. The Bertz CT molecular complexity index is 1080. The van der Waals surface area contributed by atoms with Gasteiger partial charge in [0.15, 0.2) is 0 Å². The Labute approximate surface area is 176 Å². The van der Waals surface area contributed by atoms with E-state index in [-0.39, 0.29) is 0 Å². The highest BCUT2D eigenvalue weighted by Crippen LogP contribution is 2.29. The molecule has 1 aromatic heterocycles. The second-order valence-corrected chi connectivity index (χ2v) is 6.50. The number of carbonyl (C=O) groups excluding carboxylic acids is 2. The molecule has 29 heavy (non-hydrogen) atoms. The number of rotatable bonds is 5. The van der Waals surface area contributed by atoms with Crippen molar-refractivity contribution in [2.24, 2.45) is 5.10 Å². The van der Waals surface area contributed by atoms with Crippen LogP contribution in [0.2, 0.25) is 10.0 Å². The number of hydrogen-bond donors (Lipinski definition) is 2. The van der Waals surface area contributed by atoms with Gasteiger partial charge < -0.3 is 14.5 Å². The van der Waals surface area contributed by atoms with Crippen LogP contribution in [0.5, 0.6) is 5.75 Å². The third-order valence-corrected chi connectivity index (χ3v) is 4.49. The lowest BCUT2D eigenvalue weighted by molar-refractivity contribution is -0.136. The number of amides is 2. The maximum atomic E-state index is 12.0. The average molecular weight is 432 g/mol. The Morgan fingerprint density at radius 1 is 1.03 bits per heavy atom. The minimum Gasteiger partial charge on any atom is -0.495 e. The summed E-state index contributed by atoms with van der Waals surface area (Å²) in [7, 11) is 1.46. The number of carbonyl (C=O) groups is 2. The lowest BCUT2D eigenvalue weighted by atomic mass is 10.2. The fourth-order valence-corrected chi connectivity index (χ4v) is 2.66. The number of anilines is 1. The van der Waals surface area contributed by atoms with Crippen LogP contribution in [0.3, 0.4) is 0 Å². The summed E-state index contributed by atoms with van der Waals surface area (Å²) < 4.78 is 10.7. The summed E-state index contributed by atoms with van der Waals surface area (Å²) in [6.07, 6.45) is 1.27. The topological polar surface area (TPSA) is 92.9 Å². The van der Waals surface area contributed by atoms with E-state index in [0.717, 1.165) is 5.56 Å². The first-order valence-corrected chi connectivity index (χ1v) is 9.06. The van der Waals surface area contributed by atoms with Crippen molar-refractivity contribution in [1.29, 1.82) is 0 Å². The summed E-state index contributed by atoms with van der Waals surface area (Å²) in [6, 6.07) is 15.2. The van der Waals surface area contributed by atoms with Gasteiger partial charge >= 0.3 is 11.8 Å². The molecule has 3 rings (SSSR count). The first-order valence-electron chi connectivity index (χ1n) is 8.30. The summed E-state index contributed by atoms with van der Waals surface area (Å²) in [5, 5.41) is 7.03. The van der Waals surface area contributed by atoms with Gasteiger partial charge in [0.2, 0.25) is 0 Å². The number of ether oxygens (including phenoxy) is 1. The number of methoxy groups -OCH3 is 1. The third kappa shape index (κ3) is 5.16. The van der Waals surface area contributed by atoms with Gasteiger partial charge in [0.1, 0.15) is 17.3 Å². The van der Waals surface area contributed by atoms with Crippen LogP contribution >= 0.6 is 23.2 Å². The molecular formula is C20H15Cl2N3O4. The molecule has 148 valence electrons. The Kier molecular flexibility index (Phi) is 6.54. The van der Waals surface area contributed by atoms with Crippen molar-refractivity contribution in [2.45, 2.75) is 0 Å². The number of benzene rings is 2. The number of nitrogens with zero attached hydrogens (tertiary/aromatic N) is 1. The highest BCUT2D eigenvalue weighted by atomic mass is 35.5. The molecule has 3 aromatic rings.